The average molecular weight is 263 g/mol. The zero-order valence-corrected chi connectivity index (χ0v) is 11.3. The highest BCUT2D eigenvalue weighted by Gasteiger charge is 2.16. The van der Waals surface area contributed by atoms with Gasteiger partial charge in [0, 0.05) is 5.56 Å². The van der Waals surface area contributed by atoms with E-state index in [1.807, 2.05) is 0 Å². The first-order valence-corrected chi connectivity index (χ1v) is 6.32. The van der Waals surface area contributed by atoms with Gasteiger partial charge in [0.25, 0.3) is 0 Å². The van der Waals surface area contributed by atoms with Crippen molar-refractivity contribution in [2.45, 2.75) is 33.2 Å². The first kappa shape index (κ1) is 13.5. The van der Waals surface area contributed by atoms with E-state index >= 15 is 0 Å². The van der Waals surface area contributed by atoms with E-state index < -0.39 is 5.82 Å². The number of nitrogens with zero attached hydrogens (tertiary/aromatic N) is 4. The monoisotopic (exact) mass is 263 g/mol. The summed E-state index contributed by atoms with van der Waals surface area (Å²) < 4.78 is 14.9. The first-order valence-electron chi connectivity index (χ1n) is 6.32. The zero-order valence-electron chi connectivity index (χ0n) is 11.3. The smallest absolute Gasteiger partial charge is 0.182 e. The second-order valence-electron chi connectivity index (χ2n) is 5.16. The van der Waals surface area contributed by atoms with Crippen molar-refractivity contribution in [3.8, 4) is 11.4 Å². The summed E-state index contributed by atoms with van der Waals surface area (Å²) >= 11 is 0. The molecule has 0 saturated heterocycles. The van der Waals surface area contributed by atoms with Crippen molar-refractivity contribution in [2.75, 3.05) is 5.73 Å². The highest BCUT2D eigenvalue weighted by atomic mass is 19.1. The summed E-state index contributed by atoms with van der Waals surface area (Å²) in [5.41, 5.74) is 6.40. The molecule has 1 atom stereocenters. The molecule has 5 nitrogen and oxygen atoms in total. The maximum absolute atomic E-state index is 13.2. The van der Waals surface area contributed by atoms with Crippen molar-refractivity contribution < 1.29 is 4.39 Å². The number of anilines is 1. The van der Waals surface area contributed by atoms with Crippen molar-refractivity contribution in [3.05, 3.63) is 24.0 Å². The molecular weight excluding hydrogens is 245 g/mol. The van der Waals surface area contributed by atoms with Gasteiger partial charge < -0.3 is 5.73 Å². The molecule has 1 aromatic carbocycles. The number of aromatic nitrogens is 4. The molecule has 102 valence electrons. The number of tetrazole rings is 1. The number of nitrogen functional groups attached to an aromatic ring is 1. The van der Waals surface area contributed by atoms with Crippen LogP contribution in [0.4, 0.5) is 10.1 Å². The minimum Gasteiger partial charge on any atom is -0.396 e. The van der Waals surface area contributed by atoms with Crippen molar-refractivity contribution in [2.24, 2.45) is 5.92 Å². The topological polar surface area (TPSA) is 69.6 Å². The van der Waals surface area contributed by atoms with Gasteiger partial charge in [0.1, 0.15) is 5.82 Å². The van der Waals surface area contributed by atoms with Crippen LogP contribution in [0.15, 0.2) is 18.2 Å². The standard InChI is InChI=1S/C13H18FN5/c1-8(2)6-9(3)19-13(16-17-18-19)10-4-5-11(14)12(15)7-10/h4-5,7-9H,6,15H2,1-3H3. The van der Waals surface area contributed by atoms with E-state index in [1.165, 1.54) is 6.07 Å². The fraction of sp³-hybridized carbons (Fsp3) is 0.462. The fourth-order valence-corrected chi connectivity index (χ4v) is 2.15. The Morgan fingerprint density at radius 3 is 2.68 bits per heavy atom. The van der Waals surface area contributed by atoms with Crippen molar-refractivity contribution in [1.82, 2.24) is 20.2 Å². The highest BCUT2D eigenvalue weighted by molar-refractivity contribution is 5.61. The minimum absolute atomic E-state index is 0.101. The lowest BCUT2D eigenvalue weighted by Gasteiger charge is -2.15. The Morgan fingerprint density at radius 2 is 2.05 bits per heavy atom. The zero-order chi connectivity index (χ0) is 14.0. The summed E-state index contributed by atoms with van der Waals surface area (Å²) in [7, 11) is 0. The molecular formula is C13H18FN5. The molecule has 2 aromatic rings. The van der Waals surface area contributed by atoms with Gasteiger partial charge in [0.2, 0.25) is 0 Å². The normalized spacial score (nSPS) is 12.9. The molecule has 0 bridgehead atoms. The second-order valence-corrected chi connectivity index (χ2v) is 5.16. The number of benzene rings is 1. The predicted octanol–water partition coefficient (Wildman–Crippen LogP) is 2.67. The van der Waals surface area contributed by atoms with E-state index in [9.17, 15) is 4.39 Å². The van der Waals surface area contributed by atoms with Crippen LogP contribution >= 0.6 is 0 Å². The Bertz CT molecular complexity index is 564. The third-order valence-corrected chi connectivity index (χ3v) is 2.98. The van der Waals surface area contributed by atoms with Gasteiger partial charge in [-0.15, -0.1) is 5.10 Å². The van der Waals surface area contributed by atoms with E-state index in [4.69, 9.17) is 5.73 Å². The SMILES string of the molecule is CC(C)CC(C)n1nnnc1-c1ccc(F)c(N)c1. The van der Waals surface area contributed by atoms with E-state index in [-0.39, 0.29) is 11.7 Å². The van der Waals surface area contributed by atoms with Crippen LogP contribution in [0.25, 0.3) is 11.4 Å². The van der Waals surface area contributed by atoms with Gasteiger partial charge in [-0.2, -0.15) is 0 Å². The van der Waals surface area contributed by atoms with E-state index in [2.05, 4.69) is 36.3 Å². The van der Waals surface area contributed by atoms with Crippen LogP contribution in [-0.4, -0.2) is 20.2 Å². The molecule has 0 spiro atoms. The average Bonchev–Trinajstić information content (AvgIpc) is 2.81. The molecule has 0 aliphatic heterocycles. The van der Waals surface area contributed by atoms with Crippen LogP contribution in [0.5, 0.6) is 0 Å². The summed E-state index contributed by atoms with van der Waals surface area (Å²) in [4.78, 5) is 0. The molecule has 0 radical (unpaired) electrons. The summed E-state index contributed by atoms with van der Waals surface area (Å²) in [5.74, 6) is 0.725. The van der Waals surface area contributed by atoms with Gasteiger partial charge >= 0.3 is 0 Å². The molecule has 0 aliphatic rings. The van der Waals surface area contributed by atoms with Crippen molar-refractivity contribution in [3.63, 3.8) is 0 Å². The van der Waals surface area contributed by atoms with E-state index in [0.717, 1.165) is 12.0 Å². The maximum atomic E-state index is 13.2. The second kappa shape index (κ2) is 5.34. The molecule has 0 saturated carbocycles. The Hall–Kier alpha value is -1.98. The first-order chi connectivity index (χ1) is 8.99. The van der Waals surface area contributed by atoms with Crippen LogP contribution in [0.2, 0.25) is 0 Å². The molecule has 0 fully saturated rings. The Labute approximate surface area is 111 Å². The minimum atomic E-state index is -0.432. The highest BCUT2D eigenvalue weighted by Crippen LogP contribution is 2.25. The summed E-state index contributed by atoms with van der Waals surface area (Å²) in [5, 5.41) is 11.7. The molecule has 1 unspecified atom stereocenters. The third-order valence-electron chi connectivity index (χ3n) is 2.98. The van der Waals surface area contributed by atoms with Gasteiger partial charge in [-0.3, -0.25) is 0 Å². The lowest BCUT2D eigenvalue weighted by atomic mass is 10.1. The largest absolute Gasteiger partial charge is 0.396 e. The van der Waals surface area contributed by atoms with Crippen LogP contribution in [-0.2, 0) is 0 Å². The quantitative estimate of drug-likeness (QED) is 0.861. The lowest BCUT2D eigenvalue weighted by Crippen LogP contribution is -2.11. The number of nitrogens with two attached hydrogens (primary N) is 1. The van der Waals surface area contributed by atoms with Gasteiger partial charge in [-0.1, -0.05) is 13.8 Å². The van der Waals surface area contributed by atoms with Crippen LogP contribution in [0.3, 0.4) is 0 Å². The third kappa shape index (κ3) is 2.89. The summed E-state index contributed by atoms with van der Waals surface area (Å²) in [6, 6.07) is 4.70. The van der Waals surface area contributed by atoms with Crippen LogP contribution < -0.4 is 5.73 Å². The summed E-state index contributed by atoms with van der Waals surface area (Å²) in [6.45, 7) is 6.36. The van der Waals surface area contributed by atoms with Crippen LogP contribution in [0, 0.1) is 11.7 Å². The molecule has 6 heteroatoms. The maximum Gasteiger partial charge on any atom is 0.182 e. The van der Waals surface area contributed by atoms with Gasteiger partial charge in [-0.05, 0) is 47.9 Å². The molecule has 2 rings (SSSR count). The van der Waals surface area contributed by atoms with E-state index in [1.54, 1.807) is 16.8 Å². The van der Waals surface area contributed by atoms with Gasteiger partial charge in [-0.25, -0.2) is 9.07 Å². The van der Waals surface area contributed by atoms with Crippen molar-refractivity contribution in [1.29, 1.82) is 0 Å². The lowest BCUT2D eigenvalue weighted by molar-refractivity contribution is 0.394. The fourth-order valence-electron chi connectivity index (χ4n) is 2.15. The van der Waals surface area contributed by atoms with Gasteiger partial charge in [0.05, 0.1) is 11.7 Å². The summed E-state index contributed by atoms with van der Waals surface area (Å²) in [6.07, 6.45) is 0.967. The Balaban J connectivity index is 2.35. The molecule has 1 heterocycles. The predicted molar refractivity (Wildman–Crippen MR) is 71.8 cm³/mol. The molecule has 0 amide bonds. The van der Waals surface area contributed by atoms with E-state index in [0.29, 0.717) is 11.7 Å². The molecule has 0 aliphatic carbocycles. The number of rotatable bonds is 4. The molecule has 2 N–H and O–H groups in total. The van der Waals surface area contributed by atoms with Crippen molar-refractivity contribution >= 4 is 5.69 Å². The van der Waals surface area contributed by atoms with Gasteiger partial charge in [0.15, 0.2) is 5.82 Å². The molecule has 1 aromatic heterocycles. The molecule has 19 heavy (non-hydrogen) atoms. The number of hydrogen-bond acceptors (Lipinski definition) is 4. The van der Waals surface area contributed by atoms with Crippen LogP contribution in [0.1, 0.15) is 33.2 Å². The Morgan fingerprint density at radius 1 is 1.32 bits per heavy atom. The number of halogens is 1. The Kier molecular flexibility index (Phi) is 3.78. The number of hydrogen-bond donors (Lipinski definition) is 1.